The van der Waals surface area contributed by atoms with Crippen molar-refractivity contribution in [2.24, 2.45) is 0 Å². The van der Waals surface area contributed by atoms with E-state index in [9.17, 15) is 14.4 Å². The SMILES string of the molecule is COCCn1c(=O)c2sccc2n(CC(=O)NC2CCCC2)c1=O. The molecule has 2 aromatic rings. The lowest BCUT2D eigenvalue weighted by molar-refractivity contribution is -0.122. The molecule has 1 fully saturated rings. The van der Waals surface area contributed by atoms with Gasteiger partial charge in [0.25, 0.3) is 5.56 Å². The quantitative estimate of drug-likeness (QED) is 0.839. The van der Waals surface area contributed by atoms with E-state index in [1.54, 1.807) is 11.4 Å². The summed E-state index contributed by atoms with van der Waals surface area (Å²) in [6.07, 6.45) is 4.23. The molecule has 1 aliphatic rings. The highest BCUT2D eigenvalue weighted by molar-refractivity contribution is 7.17. The van der Waals surface area contributed by atoms with Crippen molar-refractivity contribution in [1.29, 1.82) is 0 Å². The first-order valence-electron chi connectivity index (χ1n) is 8.11. The van der Waals surface area contributed by atoms with Crippen molar-refractivity contribution in [2.45, 2.75) is 44.8 Å². The van der Waals surface area contributed by atoms with Crippen molar-refractivity contribution in [3.63, 3.8) is 0 Å². The van der Waals surface area contributed by atoms with Crippen molar-refractivity contribution in [3.05, 3.63) is 32.3 Å². The van der Waals surface area contributed by atoms with E-state index in [0.717, 1.165) is 30.3 Å². The molecule has 0 bridgehead atoms. The average Bonchev–Trinajstić information content (AvgIpc) is 3.23. The molecule has 0 spiro atoms. The molecule has 1 saturated carbocycles. The highest BCUT2D eigenvalue weighted by Crippen LogP contribution is 2.18. The molecule has 7 nitrogen and oxygen atoms in total. The predicted octanol–water partition coefficient (Wildman–Crippen LogP) is 0.930. The van der Waals surface area contributed by atoms with Gasteiger partial charge in [-0.05, 0) is 24.3 Å². The molecule has 1 amide bonds. The van der Waals surface area contributed by atoms with Crippen LogP contribution in [0.3, 0.4) is 0 Å². The lowest BCUT2D eigenvalue weighted by atomic mass is 10.2. The number of nitrogens with one attached hydrogen (secondary N) is 1. The highest BCUT2D eigenvalue weighted by Gasteiger charge is 2.20. The van der Waals surface area contributed by atoms with Crippen LogP contribution < -0.4 is 16.6 Å². The summed E-state index contributed by atoms with van der Waals surface area (Å²) < 4.78 is 7.99. The minimum absolute atomic E-state index is 0.0736. The number of carbonyl (C=O) groups is 1. The van der Waals surface area contributed by atoms with E-state index >= 15 is 0 Å². The molecule has 0 unspecified atom stereocenters. The Kier molecular flexibility index (Phi) is 5.15. The molecule has 0 atom stereocenters. The van der Waals surface area contributed by atoms with Crippen LogP contribution in [0, 0.1) is 0 Å². The summed E-state index contributed by atoms with van der Waals surface area (Å²) in [5.74, 6) is -0.187. The monoisotopic (exact) mass is 351 g/mol. The number of methoxy groups -OCH3 is 1. The van der Waals surface area contributed by atoms with Crippen LogP contribution in [0.15, 0.2) is 21.0 Å². The van der Waals surface area contributed by atoms with Gasteiger partial charge in [-0.3, -0.25) is 18.7 Å². The normalized spacial score (nSPS) is 15.2. The Bertz CT molecular complexity index is 845. The number of hydrogen-bond donors (Lipinski definition) is 1. The molecule has 1 aliphatic carbocycles. The number of amides is 1. The van der Waals surface area contributed by atoms with Gasteiger partial charge in [-0.1, -0.05) is 12.8 Å². The summed E-state index contributed by atoms with van der Waals surface area (Å²) in [6.45, 7) is 0.363. The maximum Gasteiger partial charge on any atom is 0.332 e. The first kappa shape index (κ1) is 16.9. The van der Waals surface area contributed by atoms with Crippen molar-refractivity contribution in [1.82, 2.24) is 14.5 Å². The number of fused-ring (bicyclic) bond motifs is 1. The number of rotatable bonds is 6. The average molecular weight is 351 g/mol. The second-order valence-electron chi connectivity index (χ2n) is 6.00. The van der Waals surface area contributed by atoms with Crippen LogP contribution in [0.5, 0.6) is 0 Å². The van der Waals surface area contributed by atoms with Crippen LogP contribution in [0.2, 0.25) is 0 Å². The van der Waals surface area contributed by atoms with E-state index in [2.05, 4.69) is 5.32 Å². The minimum Gasteiger partial charge on any atom is -0.383 e. The molecule has 2 heterocycles. The van der Waals surface area contributed by atoms with Crippen molar-refractivity contribution >= 4 is 27.5 Å². The maximum absolute atomic E-state index is 12.7. The lowest BCUT2D eigenvalue weighted by Gasteiger charge is -2.15. The number of ether oxygens (including phenoxy) is 1. The van der Waals surface area contributed by atoms with Gasteiger partial charge in [0.05, 0.1) is 18.7 Å². The molecule has 0 aromatic carbocycles. The van der Waals surface area contributed by atoms with Crippen molar-refractivity contribution < 1.29 is 9.53 Å². The fourth-order valence-corrected chi connectivity index (χ4v) is 4.00. The first-order valence-corrected chi connectivity index (χ1v) is 8.99. The Morgan fingerprint density at radius 2 is 2.08 bits per heavy atom. The Balaban J connectivity index is 1.93. The first-order chi connectivity index (χ1) is 11.6. The molecule has 8 heteroatoms. The third kappa shape index (κ3) is 3.29. The number of thiophene rings is 1. The van der Waals surface area contributed by atoms with Gasteiger partial charge in [0.2, 0.25) is 5.91 Å². The van der Waals surface area contributed by atoms with Crippen LogP contribution in [0.25, 0.3) is 10.2 Å². The van der Waals surface area contributed by atoms with Gasteiger partial charge in [-0.25, -0.2) is 4.79 Å². The standard InChI is InChI=1S/C16H21N3O4S/c1-23-8-7-18-15(21)14-12(6-9-24-14)19(16(18)22)10-13(20)17-11-4-2-3-5-11/h6,9,11H,2-5,7-8,10H2,1H3,(H,17,20). The fourth-order valence-electron chi connectivity index (χ4n) is 3.15. The van der Waals surface area contributed by atoms with E-state index in [0.29, 0.717) is 10.2 Å². The number of nitrogens with zero attached hydrogens (tertiary/aromatic N) is 2. The molecule has 0 saturated heterocycles. The van der Waals surface area contributed by atoms with E-state index in [1.165, 1.54) is 23.0 Å². The third-order valence-corrected chi connectivity index (χ3v) is 5.27. The Hall–Kier alpha value is -1.93. The number of aromatic nitrogens is 2. The summed E-state index contributed by atoms with van der Waals surface area (Å²) in [7, 11) is 1.52. The van der Waals surface area contributed by atoms with Gasteiger partial charge in [0.15, 0.2) is 0 Å². The number of hydrogen-bond acceptors (Lipinski definition) is 5. The maximum atomic E-state index is 12.7. The largest absolute Gasteiger partial charge is 0.383 e. The third-order valence-electron chi connectivity index (χ3n) is 4.38. The highest BCUT2D eigenvalue weighted by atomic mass is 32.1. The van der Waals surface area contributed by atoms with Crippen LogP contribution >= 0.6 is 11.3 Å². The molecule has 0 radical (unpaired) electrons. The number of carbonyl (C=O) groups excluding carboxylic acids is 1. The van der Waals surface area contributed by atoms with Crippen LogP contribution in [0.4, 0.5) is 0 Å². The summed E-state index contributed by atoms with van der Waals surface area (Å²) >= 11 is 1.28. The molecule has 0 aliphatic heterocycles. The predicted molar refractivity (Wildman–Crippen MR) is 92.6 cm³/mol. The van der Waals surface area contributed by atoms with E-state index < -0.39 is 5.69 Å². The van der Waals surface area contributed by atoms with Crippen LogP contribution in [0.1, 0.15) is 25.7 Å². The zero-order valence-corrected chi connectivity index (χ0v) is 14.4. The minimum atomic E-state index is -0.468. The zero-order chi connectivity index (χ0) is 17.1. The molecule has 3 rings (SSSR count). The summed E-state index contributed by atoms with van der Waals surface area (Å²) in [6, 6.07) is 1.91. The van der Waals surface area contributed by atoms with E-state index in [4.69, 9.17) is 4.74 Å². The molecule has 2 aromatic heterocycles. The Morgan fingerprint density at radius 1 is 1.33 bits per heavy atom. The second kappa shape index (κ2) is 7.31. The van der Waals surface area contributed by atoms with Crippen LogP contribution in [-0.4, -0.2) is 34.8 Å². The topological polar surface area (TPSA) is 82.3 Å². The fraction of sp³-hybridized carbons (Fsp3) is 0.562. The van der Waals surface area contributed by atoms with Crippen LogP contribution in [-0.2, 0) is 22.6 Å². The zero-order valence-electron chi connectivity index (χ0n) is 13.6. The smallest absolute Gasteiger partial charge is 0.332 e. The van der Waals surface area contributed by atoms with E-state index in [-0.39, 0.29) is 37.2 Å². The Labute approximate surface area is 142 Å². The van der Waals surface area contributed by atoms with Gasteiger partial charge in [-0.15, -0.1) is 11.3 Å². The molecular formula is C16H21N3O4S. The van der Waals surface area contributed by atoms with Gasteiger partial charge < -0.3 is 10.1 Å². The summed E-state index contributed by atoms with van der Waals surface area (Å²) in [5, 5.41) is 4.74. The van der Waals surface area contributed by atoms with Crippen molar-refractivity contribution in [2.75, 3.05) is 13.7 Å². The summed E-state index contributed by atoms with van der Waals surface area (Å²) in [5.41, 5.74) is -0.274. The molecule has 24 heavy (non-hydrogen) atoms. The lowest BCUT2D eigenvalue weighted by Crippen LogP contribution is -2.44. The van der Waals surface area contributed by atoms with Gasteiger partial charge >= 0.3 is 5.69 Å². The molecular weight excluding hydrogens is 330 g/mol. The van der Waals surface area contributed by atoms with Crippen molar-refractivity contribution in [3.8, 4) is 0 Å². The van der Waals surface area contributed by atoms with E-state index in [1.807, 2.05) is 0 Å². The van der Waals surface area contributed by atoms with Gasteiger partial charge in [0, 0.05) is 13.2 Å². The van der Waals surface area contributed by atoms with Gasteiger partial charge in [0.1, 0.15) is 11.2 Å². The molecule has 130 valence electrons. The summed E-state index contributed by atoms with van der Waals surface area (Å²) in [4.78, 5) is 37.4. The molecule has 1 N–H and O–H groups in total. The second-order valence-corrected chi connectivity index (χ2v) is 6.92. The Morgan fingerprint density at radius 3 is 2.79 bits per heavy atom. The van der Waals surface area contributed by atoms with Gasteiger partial charge in [-0.2, -0.15) is 0 Å².